The lowest BCUT2D eigenvalue weighted by atomic mass is 10.2. The highest BCUT2D eigenvalue weighted by atomic mass is 16.5. The number of ether oxygens (including phenoxy) is 1. The van der Waals surface area contributed by atoms with Gasteiger partial charge in [0.1, 0.15) is 0 Å². The van der Waals surface area contributed by atoms with Crippen LogP contribution in [0.4, 0.5) is 0 Å². The fraction of sp³-hybridized carbons (Fsp3) is 0.562. The lowest BCUT2D eigenvalue weighted by molar-refractivity contribution is -0.138. The highest BCUT2D eigenvalue weighted by Gasteiger charge is 2.26. The van der Waals surface area contributed by atoms with Gasteiger partial charge in [0.25, 0.3) is 0 Å². The maximum atomic E-state index is 10.8. The molecule has 2 N–H and O–H groups in total. The van der Waals surface area contributed by atoms with Crippen molar-refractivity contribution >= 4 is 5.97 Å². The number of aliphatic carboxylic acids is 1. The van der Waals surface area contributed by atoms with Crippen LogP contribution in [0.25, 0.3) is 0 Å². The average Bonchev–Trinajstić information content (AvgIpc) is 3.23. The van der Waals surface area contributed by atoms with Crippen molar-refractivity contribution in [2.24, 2.45) is 5.92 Å². The lowest BCUT2D eigenvalue weighted by Crippen LogP contribution is -2.39. The molecule has 1 aliphatic rings. The summed E-state index contributed by atoms with van der Waals surface area (Å²) in [6, 6.07) is 9.77. The molecule has 0 aliphatic heterocycles. The zero-order valence-corrected chi connectivity index (χ0v) is 12.1. The zero-order valence-electron chi connectivity index (χ0n) is 12.1. The minimum absolute atomic E-state index is 0.0216. The van der Waals surface area contributed by atoms with E-state index in [4.69, 9.17) is 9.84 Å². The molecular weight excluding hydrogens is 270 g/mol. The van der Waals surface area contributed by atoms with E-state index in [-0.39, 0.29) is 13.2 Å². The SMILES string of the molecule is O=C(O)CN(CC(O)COCc1ccccc1)CC1CC1. The minimum atomic E-state index is -0.854. The fourth-order valence-electron chi connectivity index (χ4n) is 2.30. The van der Waals surface area contributed by atoms with Crippen LogP contribution in [0.15, 0.2) is 30.3 Å². The van der Waals surface area contributed by atoms with Crippen molar-refractivity contribution in [3.8, 4) is 0 Å². The van der Waals surface area contributed by atoms with Gasteiger partial charge in [0.05, 0.1) is 25.9 Å². The zero-order chi connectivity index (χ0) is 15.1. The second-order valence-electron chi connectivity index (χ2n) is 5.69. The predicted octanol–water partition coefficient (Wildman–Crippen LogP) is 1.36. The van der Waals surface area contributed by atoms with E-state index in [9.17, 15) is 9.90 Å². The molecule has 1 saturated carbocycles. The van der Waals surface area contributed by atoms with Crippen LogP contribution in [0, 0.1) is 5.92 Å². The number of carbonyl (C=O) groups is 1. The van der Waals surface area contributed by atoms with E-state index in [0.29, 0.717) is 19.1 Å². The van der Waals surface area contributed by atoms with Crippen LogP contribution in [-0.2, 0) is 16.1 Å². The first kappa shape index (κ1) is 15.9. The Hall–Kier alpha value is -1.43. The van der Waals surface area contributed by atoms with Gasteiger partial charge in [0.2, 0.25) is 0 Å². The van der Waals surface area contributed by atoms with E-state index in [1.54, 1.807) is 4.90 Å². The van der Waals surface area contributed by atoms with Crippen molar-refractivity contribution < 1.29 is 19.7 Å². The number of aliphatic hydroxyl groups excluding tert-OH is 1. The summed E-state index contributed by atoms with van der Waals surface area (Å²) in [5.41, 5.74) is 1.06. The molecule has 1 unspecified atom stereocenters. The number of carboxylic acid groups (broad SMARTS) is 1. The van der Waals surface area contributed by atoms with Crippen molar-refractivity contribution in [1.82, 2.24) is 4.90 Å². The Labute approximate surface area is 125 Å². The van der Waals surface area contributed by atoms with Crippen LogP contribution in [-0.4, -0.2) is 53.4 Å². The van der Waals surface area contributed by atoms with Crippen LogP contribution in [0.2, 0.25) is 0 Å². The molecule has 116 valence electrons. The third-order valence-electron chi connectivity index (χ3n) is 3.46. The Morgan fingerprint density at radius 3 is 2.67 bits per heavy atom. The van der Waals surface area contributed by atoms with Gasteiger partial charge >= 0.3 is 5.97 Å². The van der Waals surface area contributed by atoms with Crippen molar-refractivity contribution in [3.05, 3.63) is 35.9 Å². The lowest BCUT2D eigenvalue weighted by Gasteiger charge is -2.23. The number of nitrogens with zero attached hydrogens (tertiary/aromatic N) is 1. The summed E-state index contributed by atoms with van der Waals surface area (Å²) in [5, 5.41) is 18.9. The highest BCUT2D eigenvalue weighted by Crippen LogP contribution is 2.29. The van der Waals surface area contributed by atoms with Crippen LogP contribution in [0.3, 0.4) is 0 Å². The molecule has 1 aromatic carbocycles. The molecule has 1 aliphatic carbocycles. The monoisotopic (exact) mass is 293 g/mol. The van der Waals surface area contributed by atoms with Gasteiger partial charge in [-0.25, -0.2) is 0 Å². The third-order valence-corrected chi connectivity index (χ3v) is 3.46. The number of aliphatic hydroxyl groups is 1. The van der Waals surface area contributed by atoms with Gasteiger partial charge < -0.3 is 14.9 Å². The summed E-state index contributed by atoms with van der Waals surface area (Å²) >= 11 is 0. The first-order chi connectivity index (χ1) is 10.1. The van der Waals surface area contributed by atoms with E-state index in [1.165, 1.54) is 0 Å². The minimum Gasteiger partial charge on any atom is -0.480 e. The second-order valence-corrected chi connectivity index (χ2v) is 5.69. The van der Waals surface area contributed by atoms with Crippen molar-refractivity contribution in [3.63, 3.8) is 0 Å². The summed E-state index contributed by atoms with van der Waals surface area (Å²) in [6.07, 6.45) is 1.67. The molecule has 0 spiro atoms. The number of benzene rings is 1. The fourth-order valence-corrected chi connectivity index (χ4v) is 2.30. The van der Waals surface area contributed by atoms with Gasteiger partial charge in [-0.3, -0.25) is 9.69 Å². The topological polar surface area (TPSA) is 70.0 Å². The van der Waals surface area contributed by atoms with Crippen molar-refractivity contribution in [2.75, 3.05) is 26.2 Å². The summed E-state index contributed by atoms with van der Waals surface area (Å²) in [7, 11) is 0. The number of hydrogen-bond donors (Lipinski definition) is 2. The molecule has 0 heterocycles. The Bertz CT molecular complexity index is 433. The molecule has 1 aromatic rings. The molecule has 0 saturated heterocycles. The Morgan fingerprint density at radius 2 is 2.05 bits per heavy atom. The molecule has 0 radical (unpaired) electrons. The first-order valence-electron chi connectivity index (χ1n) is 7.37. The van der Waals surface area contributed by atoms with E-state index < -0.39 is 12.1 Å². The van der Waals surface area contributed by atoms with E-state index in [2.05, 4.69) is 0 Å². The molecule has 1 atom stereocenters. The Morgan fingerprint density at radius 1 is 1.33 bits per heavy atom. The predicted molar refractivity (Wildman–Crippen MR) is 78.9 cm³/mol. The number of rotatable bonds is 10. The van der Waals surface area contributed by atoms with Gasteiger partial charge in [0.15, 0.2) is 0 Å². The molecule has 0 bridgehead atoms. The molecule has 5 heteroatoms. The largest absolute Gasteiger partial charge is 0.480 e. The van der Waals surface area contributed by atoms with E-state index in [0.717, 1.165) is 24.9 Å². The van der Waals surface area contributed by atoms with E-state index in [1.807, 2.05) is 30.3 Å². The third kappa shape index (κ3) is 6.71. The number of hydrogen-bond acceptors (Lipinski definition) is 4. The quantitative estimate of drug-likeness (QED) is 0.681. The molecule has 1 fully saturated rings. The first-order valence-corrected chi connectivity index (χ1v) is 7.37. The molecule has 0 amide bonds. The van der Waals surface area contributed by atoms with Crippen LogP contribution >= 0.6 is 0 Å². The molecule has 0 aromatic heterocycles. The normalized spacial score (nSPS) is 16.1. The maximum absolute atomic E-state index is 10.8. The van der Waals surface area contributed by atoms with Gasteiger partial charge in [-0.1, -0.05) is 30.3 Å². The Balaban J connectivity index is 1.68. The van der Waals surface area contributed by atoms with Crippen LogP contribution < -0.4 is 0 Å². The summed E-state index contributed by atoms with van der Waals surface area (Å²) in [6.45, 7) is 1.75. The summed E-state index contributed by atoms with van der Waals surface area (Å²) in [4.78, 5) is 12.6. The summed E-state index contributed by atoms with van der Waals surface area (Å²) < 4.78 is 5.48. The average molecular weight is 293 g/mol. The van der Waals surface area contributed by atoms with Crippen LogP contribution in [0.5, 0.6) is 0 Å². The van der Waals surface area contributed by atoms with Crippen molar-refractivity contribution in [2.45, 2.75) is 25.6 Å². The van der Waals surface area contributed by atoms with Gasteiger partial charge in [-0.15, -0.1) is 0 Å². The summed E-state index contributed by atoms with van der Waals surface area (Å²) in [5.74, 6) is -0.255. The number of carboxylic acids is 1. The molecule has 21 heavy (non-hydrogen) atoms. The van der Waals surface area contributed by atoms with Crippen LogP contribution in [0.1, 0.15) is 18.4 Å². The van der Waals surface area contributed by atoms with Gasteiger partial charge in [0, 0.05) is 13.1 Å². The maximum Gasteiger partial charge on any atom is 0.317 e. The standard InChI is InChI=1S/C16H23NO4/c18-15(12-21-11-14-4-2-1-3-5-14)9-17(10-16(19)20)8-13-6-7-13/h1-5,13,15,18H,6-12H2,(H,19,20). The smallest absolute Gasteiger partial charge is 0.317 e. The van der Waals surface area contributed by atoms with Gasteiger partial charge in [-0.2, -0.15) is 0 Å². The molecule has 5 nitrogen and oxygen atoms in total. The molecule has 2 rings (SSSR count). The molecular formula is C16H23NO4. The Kier molecular flexibility index (Phi) is 6.17. The highest BCUT2D eigenvalue weighted by molar-refractivity contribution is 5.69. The second kappa shape index (κ2) is 8.12. The van der Waals surface area contributed by atoms with Crippen molar-refractivity contribution in [1.29, 1.82) is 0 Å². The van der Waals surface area contributed by atoms with E-state index >= 15 is 0 Å². The van der Waals surface area contributed by atoms with Gasteiger partial charge in [-0.05, 0) is 24.3 Å².